The van der Waals surface area contributed by atoms with Crippen LogP contribution < -0.4 is 11.1 Å². The van der Waals surface area contributed by atoms with Crippen molar-refractivity contribution in [3.8, 4) is 0 Å². The summed E-state index contributed by atoms with van der Waals surface area (Å²) < 4.78 is 0. The average Bonchev–Trinajstić information content (AvgIpc) is 2.66. The molecule has 0 spiro atoms. The lowest BCUT2D eigenvalue weighted by molar-refractivity contribution is 0.679. The standard InChI is InChI=1S/C10H17N5/c11-9-13-10(15-14-9)12-7-6-8-4-2-1-3-5-8/h4H,1-3,5-7H2,(H4,11,12,13,14,15). The molecule has 0 aliphatic heterocycles. The van der Waals surface area contributed by atoms with E-state index >= 15 is 0 Å². The summed E-state index contributed by atoms with van der Waals surface area (Å²) in [4.78, 5) is 3.97. The fraction of sp³-hybridized carbons (Fsp3) is 0.600. The predicted octanol–water partition coefficient (Wildman–Crippen LogP) is 1.69. The van der Waals surface area contributed by atoms with E-state index in [9.17, 15) is 0 Å². The van der Waals surface area contributed by atoms with Gasteiger partial charge >= 0.3 is 0 Å². The first kappa shape index (κ1) is 10.0. The van der Waals surface area contributed by atoms with Crippen LogP contribution in [0.4, 0.5) is 11.9 Å². The fourth-order valence-corrected chi connectivity index (χ4v) is 1.82. The number of nitrogens with zero attached hydrogens (tertiary/aromatic N) is 2. The van der Waals surface area contributed by atoms with Gasteiger partial charge in [0.05, 0.1) is 0 Å². The van der Waals surface area contributed by atoms with E-state index in [2.05, 4.69) is 26.6 Å². The maximum Gasteiger partial charge on any atom is 0.243 e. The maximum atomic E-state index is 5.41. The summed E-state index contributed by atoms with van der Waals surface area (Å²) in [5, 5.41) is 9.64. The Bertz CT molecular complexity index is 341. The Balaban J connectivity index is 1.72. The van der Waals surface area contributed by atoms with E-state index in [0.29, 0.717) is 11.9 Å². The quantitative estimate of drug-likeness (QED) is 0.656. The summed E-state index contributed by atoms with van der Waals surface area (Å²) in [5.74, 6) is 0.943. The highest BCUT2D eigenvalue weighted by Gasteiger charge is 2.04. The van der Waals surface area contributed by atoms with Gasteiger partial charge in [-0.2, -0.15) is 4.98 Å². The third-order valence-electron chi connectivity index (χ3n) is 2.62. The van der Waals surface area contributed by atoms with Crippen molar-refractivity contribution >= 4 is 11.9 Å². The minimum atomic E-state index is 0.356. The first-order valence-electron chi connectivity index (χ1n) is 5.44. The van der Waals surface area contributed by atoms with Crippen LogP contribution in [0.25, 0.3) is 0 Å². The summed E-state index contributed by atoms with van der Waals surface area (Å²) in [5.41, 5.74) is 6.97. The van der Waals surface area contributed by atoms with Crippen molar-refractivity contribution in [3.63, 3.8) is 0 Å². The Morgan fingerprint density at radius 1 is 1.47 bits per heavy atom. The van der Waals surface area contributed by atoms with Crippen LogP contribution in [0.2, 0.25) is 0 Å². The topological polar surface area (TPSA) is 79.6 Å². The molecule has 0 unspecified atom stereocenters. The molecule has 1 heterocycles. The molecule has 0 atom stereocenters. The van der Waals surface area contributed by atoms with Gasteiger partial charge in [0.25, 0.3) is 0 Å². The molecule has 0 saturated carbocycles. The van der Waals surface area contributed by atoms with Crippen molar-refractivity contribution in [1.82, 2.24) is 15.2 Å². The molecule has 0 radical (unpaired) electrons. The normalized spacial score (nSPS) is 16.1. The Morgan fingerprint density at radius 3 is 3.07 bits per heavy atom. The van der Waals surface area contributed by atoms with Crippen LogP contribution in [0, 0.1) is 0 Å². The van der Waals surface area contributed by atoms with Crippen molar-refractivity contribution < 1.29 is 0 Å². The molecule has 15 heavy (non-hydrogen) atoms. The molecular weight excluding hydrogens is 190 g/mol. The van der Waals surface area contributed by atoms with Crippen molar-refractivity contribution in [2.75, 3.05) is 17.6 Å². The molecule has 1 aliphatic rings. The number of anilines is 2. The van der Waals surface area contributed by atoms with E-state index in [-0.39, 0.29) is 0 Å². The van der Waals surface area contributed by atoms with Crippen molar-refractivity contribution in [1.29, 1.82) is 0 Å². The summed E-state index contributed by atoms with van der Waals surface area (Å²) in [7, 11) is 0. The van der Waals surface area contributed by atoms with Crippen molar-refractivity contribution in [3.05, 3.63) is 11.6 Å². The van der Waals surface area contributed by atoms with Gasteiger partial charge in [0.1, 0.15) is 0 Å². The van der Waals surface area contributed by atoms with Gasteiger partial charge in [0, 0.05) is 6.54 Å². The second-order valence-corrected chi connectivity index (χ2v) is 3.83. The Hall–Kier alpha value is -1.52. The molecular formula is C10H17N5. The van der Waals surface area contributed by atoms with Crippen molar-refractivity contribution in [2.45, 2.75) is 32.1 Å². The van der Waals surface area contributed by atoms with E-state index < -0.39 is 0 Å². The first-order valence-corrected chi connectivity index (χ1v) is 5.44. The Kier molecular flexibility index (Phi) is 3.22. The van der Waals surface area contributed by atoms with Crippen LogP contribution in [-0.2, 0) is 0 Å². The Labute approximate surface area is 89.2 Å². The van der Waals surface area contributed by atoms with Gasteiger partial charge in [-0.15, -0.1) is 5.10 Å². The maximum absolute atomic E-state index is 5.41. The highest BCUT2D eigenvalue weighted by Crippen LogP contribution is 2.19. The van der Waals surface area contributed by atoms with Gasteiger partial charge in [0.15, 0.2) is 0 Å². The molecule has 0 aromatic carbocycles. The van der Waals surface area contributed by atoms with Crippen LogP contribution in [0.15, 0.2) is 11.6 Å². The third-order valence-corrected chi connectivity index (χ3v) is 2.62. The number of hydrogen-bond donors (Lipinski definition) is 3. The molecule has 82 valence electrons. The van der Waals surface area contributed by atoms with E-state index in [0.717, 1.165) is 13.0 Å². The molecule has 0 fully saturated rings. The molecule has 1 aromatic heterocycles. The molecule has 1 aromatic rings. The minimum absolute atomic E-state index is 0.356. The lowest BCUT2D eigenvalue weighted by atomic mass is 9.97. The number of aromatic amines is 1. The van der Waals surface area contributed by atoms with E-state index in [1.54, 1.807) is 5.57 Å². The van der Waals surface area contributed by atoms with E-state index in [4.69, 9.17) is 5.73 Å². The molecule has 0 amide bonds. The lowest BCUT2D eigenvalue weighted by Crippen LogP contribution is -2.05. The van der Waals surface area contributed by atoms with Crippen LogP contribution in [0.3, 0.4) is 0 Å². The third kappa shape index (κ3) is 2.97. The zero-order chi connectivity index (χ0) is 10.5. The number of nitrogens with two attached hydrogens (primary N) is 1. The zero-order valence-electron chi connectivity index (χ0n) is 8.79. The largest absolute Gasteiger partial charge is 0.368 e. The number of hydrogen-bond acceptors (Lipinski definition) is 4. The number of allylic oxidation sites excluding steroid dienone is 1. The second-order valence-electron chi connectivity index (χ2n) is 3.83. The van der Waals surface area contributed by atoms with Gasteiger partial charge < -0.3 is 11.1 Å². The summed E-state index contributed by atoms with van der Waals surface area (Å²) in [6, 6.07) is 0. The van der Waals surface area contributed by atoms with Gasteiger partial charge in [-0.3, -0.25) is 0 Å². The van der Waals surface area contributed by atoms with Crippen LogP contribution in [0.1, 0.15) is 32.1 Å². The van der Waals surface area contributed by atoms with Gasteiger partial charge in [-0.25, -0.2) is 5.10 Å². The van der Waals surface area contributed by atoms with E-state index in [1.165, 1.54) is 25.7 Å². The highest BCUT2D eigenvalue weighted by atomic mass is 15.3. The number of aromatic nitrogens is 3. The van der Waals surface area contributed by atoms with E-state index in [1.807, 2.05) is 0 Å². The van der Waals surface area contributed by atoms with Crippen LogP contribution in [-0.4, -0.2) is 21.7 Å². The van der Waals surface area contributed by atoms with Crippen LogP contribution in [0.5, 0.6) is 0 Å². The SMILES string of the molecule is Nc1nc(NCCC2=CCCCC2)n[nH]1. The zero-order valence-corrected chi connectivity index (χ0v) is 8.79. The fourth-order valence-electron chi connectivity index (χ4n) is 1.82. The molecule has 5 nitrogen and oxygen atoms in total. The minimum Gasteiger partial charge on any atom is -0.368 e. The molecule has 4 N–H and O–H groups in total. The number of rotatable bonds is 4. The smallest absolute Gasteiger partial charge is 0.243 e. The van der Waals surface area contributed by atoms with Crippen LogP contribution >= 0.6 is 0 Å². The lowest BCUT2D eigenvalue weighted by Gasteiger charge is -2.12. The summed E-state index contributed by atoms with van der Waals surface area (Å²) >= 11 is 0. The molecule has 2 rings (SSSR count). The van der Waals surface area contributed by atoms with Gasteiger partial charge in [-0.1, -0.05) is 11.6 Å². The van der Waals surface area contributed by atoms with Gasteiger partial charge in [-0.05, 0) is 32.1 Å². The summed E-state index contributed by atoms with van der Waals surface area (Å²) in [6.07, 6.45) is 8.60. The monoisotopic (exact) mass is 207 g/mol. The predicted molar refractivity (Wildman–Crippen MR) is 60.5 cm³/mol. The molecule has 0 bridgehead atoms. The number of H-pyrrole nitrogens is 1. The second kappa shape index (κ2) is 4.82. The molecule has 1 aliphatic carbocycles. The first-order chi connectivity index (χ1) is 7.34. The average molecular weight is 207 g/mol. The Morgan fingerprint density at radius 2 is 2.40 bits per heavy atom. The number of nitrogens with one attached hydrogen (secondary N) is 2. The summed E-state index contributed by atoms with van der Waals surface area (Å²) in [6.45, 7) is 0.878. The van der Waals surface area contributed by atoms with Crippen molar-refractivity contribution in [2.24, 2.45) is 0 Å². The van der Waals surface area contributed by atoms with Gasteiger partial charge in [0.2, 0.25) is 11.9 Å². The molecule has 0 saturated heterocycles. The number of nitrogen functional groups attached to an aromatic ring is 1. The molecule has 5 heteroatoms. The highest BCUT2D eigenvalue weighted by molar-refractivity contribution is 5.29.